The van der Waals surface area contributed by atoms with E-state index in [9.17, 15) is 0 Å². The summed E-state index contributed by atoms with van der Waals surface area (Å²) in [5, 5.41) is 8.93. The maximum Gasteiger partial charge on any atom is 0.256 e. The minimum atomic E-state index is -2.39. The fraction of sp³-hybridized carbons (Fsp3) is 0.675. The van der Waals surface area contributed by atoms with Crippen LogP contribution in [0.2, 0.25) is 54.4 Å². The van der Waals surface area contributed by atoms with E-state index < -0.39 is 37.3 Å². The quantitative estimate of drug-likeness (QED) is 0.135. The van der Waals surface area contributed by atoms with Gasteiger partial charge in [0.05, 0.1) is 32.3 Å². The summed E-state index contributed by atoms with van der Waals surface area (Å²) in [6.45, 7) is 37.2. The molecule has 6 rings (SSSR count). The molecule has 56 heavy (non-hydrogen) atoms. The molecule has 2 saturated heterocycles. The number of benzene rings is 1. The second-order valence-electron chi connectivity index (χ2n) is 20.0. The first-order valence-electron chi connectivity index (χ1n) is 20.1. The Bertz CT molecular complexity index is 1960. The third kappa shape index (κ3) is 8.63. The number of imidazole rings is 1. The molecule has 0 aliphatic carbocycles. The molecule has 2 fully saturated rings. The van der Waals surface area contributed by atoms with Crippen molar-refractivity contribution < 1.29 is 22.8 Å². The zero-order valence-corrected chi connectivity index (χ0v) is 39.5. The molecule has 0 bridgehead atoms. The average molecular weight is 823 g/mol. The average Bonchev–Trinajstić information content (AvgIpc) is 3.84. The molecule has 4 atom stereocenters. The molecule has 3 aromatic heterocycles. The van der Waals surface area contributed by atoms with E-state index in [0.717, 1.165) is 17.1 Å². The largest absolute Gasteiger partial charge is 0.414 e. The van der Waals surface area contributed by atoms with Gasteiger partial charge in [-0.15, -0.1) is 5.10 Å². The lowest BCUT2D eigenvalue weighted by atomic mass is 10.1. The molecule has 0 unspecified atom stereocenters. The Balaban J connectivity index is 1.51. The van der Waals surface area contributed by atoms with Gasteiger partial charge >= 0.3 is 0 Å². The molecule has 0 spiro atoms. The molecule has 4 aromatic rings. The smallest absolute Gasteiger partial charge is 0.256 e. The van der Waals surface area contributed by atoms with E-state index in [0.29, 0.717) is 50.0 Å². The van der Waals surface area contributed by atoms with E-state index in [1.165, 1.54) is 0 Å². The Morgan fingerprint density at radius 1 is 0.768 bits per heavy atom. The van der Waals surface area contributed by atoms with Crippen molar-refractivity contribution in [3.63, 3.8) is 0 Å². The number of nitrogens with zero attached hydrogens (tertiary/aromatic N) is 8. The minimum Gasteiger partial charge on any atom is -0.414 e. The van der Waals surface area contributed by atoms with Crippen molar-refractivity contribution in [3.05, 3.63) is 42.9 Å². The number of hydrogen-bond acceptors (Lipinski definition) is 11. The summed E-state index contributed by atoms with van der Waals surface area (Å²) in [6, 6.07) is 9.99. The summed E-state index contributed by atoms with van der Waals surface area (Å²) in [4.78, 5) is 17.5. The first kappa shape index (κ1) is 42.8. The highest BCUT2D eigenvalue weighted by molar-refractivity contribution is 6.75. The van der Waals surface area contributed by atoms with E-state index in [-0.39, 0.29) is 27.3 Å². The topological polar surface area (TPSA) is 124 Å². The monoisotopic (exact) mass is 822 g/mol. The fourth-order valence-electron chi connectivity index (χ4n) is 6.15. The molecule has 2 aliphatic heterocycles. The lowest BCUT2D eigenvalue weighted by Crippen LogP contribution is -2.54. The van der Waals surface area contributed by atoms with Crippen LogP contribution in [-0.4, -0.2) is 111 Å². The van der Waals surface area contributed by atoms with Gasteiger partial charge in [-0.25, -0.2) is 4.98 Å². The van der Waals surface area contributed by atoms with Crippen molar-refractivity contribution in [2.45, 2.75) is 141 Å². The van der Waals surface area contributed by atoms with Gasteiger partial charge in [-0.2, -0.15) is 14.6 Å². The Morgan fingerprint density at radius 3 is 1.95 bits per heavy atom. The highest BCUT2D eigenvalue weighted by Gasteiger charge is 2.55. The lowest BCUT2D eigenvalue weighted by molar-refractivity contribution is -0.0470. The van der Waals surface area contributed by atoms with E-state index >= 15 is 0 Å². The Morgan fingerprint density at radius 2 is 1.36 bits per heavy atom. The van der Waals surface area contributed by atoms with Crippen molar-refractivity contribution >= 4 is 41.9 Å². The molecule has 13 nitrogen and oxygen atoms in total. The van der Waals surface area contributed by atoms with Gasteiger partial charge in [0.1, 0.15) is 24.0 Å². The summed E-state index contributed by atoms with van der Waals surface area (Å²) in [7, 11) is -6.88. The summed E-state index contributed by atoms with van der Waals surface area (Å²) in [6.07, 6.45) is 1.86. The lowest BCUT2D eigenvalue weighted by Gasteiger charge is -2.44. The summed E-state index contributed by atoms with van der Waals surface area (Å²) in [5.41, 5.74) is 2.99. The molecule has 5 heterocycles. The van der Waals surface area contributed by atoms with Crippen molar-refractivity contribution in [2.75, 3.05) is 37.8 Å². The number of hydrogen-bond donors (Lipinski definition) is 0. The van der Waals surface area contributed by atoms with Crippen LogP contribution < -0.4 is 4.90 Å². The third-order valence-corrected chi connectivity index (χ3v) is 26.4. The van der Waals surface area contributed by atoms with Crippen molar-refractivity contribution in [2.24, 2.45) is 0 Å². The molecular weight excluding hydrogens is 757 g/mol. The van der Waals surface area contributed by atoms with Gasteiger partial charge in [0, 0.05) is 18.7 Å². The van der Waals surface area contributed by atoms with Gasteiger partial charge in [0.2, 0.25) is 0 Å². The van der Waals surface area contributed by atoms with Crippen LogP contribution >= 0.6 is 0 Å². The number of ether oxygens (including phenoxy) is 2. The fourth-order valence-corrected chi connectivity index (χ4v) is 9.77. The van der Waals surface area contributed by atoms with E-state index in [2.05, 4.69) is 117 Å². The molecular formula is C40H66N8O5Si3. The predicted octanol–water partition coefficient (Wildman–Crippen LogP) is 8.61. The Labute approximate surface area is 337 Å². The van der Waals surface area contributed by atoms with Crippen LogP contribution in [-0.2, 0) is 22.8 Å². The molecule has 2 aliphatic rings. The van der Waals surface area contributed by atoms with Crippen LogP contribution in [0.1, 0.15) is 68.5 Å². The van der Waals surface area contributed by atoms with Gasteiger partial charge in [-0.1, -0.05) is 97.9 Å². The maximum absolute atomic E-state index is 7.48. The van der Waals surface area contributed by atoms with Gasteiger partial charge in [-0.05, 0) is 54.4 Å². The number of aromatic nitrogens is 7. The number of fused-ring (bicyclic) bond motifs is 1. The number of anilines is 1. The first-order chi connectivity index (χ1) is 25.9. The molecule has 16 heteroatoms. The van der Waals surface area contributed by atoms with Gasteiger partial charge in [0.15, 0.2) is 48.2 Å². The first-order valence-corrected chi connectivity index (χ1v) is 28.8. The molecule has 0 radical (unpaired) electrons. The van der Waals surface area contributed by atoms with Crippen molar-refractivity contribution in [1.29, 1.82) is 0 Å². The van der Waals surface area contributed by atoms with E-state index in [1.807, 2.05) is 47.4 Å². The van der Waals surface area contributed by atoms with Crippen LogP contribution in [0.15, 0.2) is 42.9 Å². The van der Waals surface area contributed by atoms with Crippen LogP contribution in [0.25, 0.3) is 28.4 Å². The molecule has 0 N–H and O–H groups in total. The van der Waals surface area contributed by atoms with Crippen LogP contribution in [0.5, 0.6) is 0 Å². The maximum atomic E-state index is 7.48. The van der Waals surface area contributed by atoms with Crippen molar-refractivity contribution in [3.8, 4) is 17.2 Å². The Hall–Kier alpha value is -2.84. The van der Waals surface area contributed by atoms with E-state index in [1.54, 1.807) is 4.68 Å². The molecule has 0 amide bonds. The Kier molecular flexibility index (Phi) is 11.8. The second kappa shape index (κ2) is 15.4. The molecule has 308 valence electrons. The van der Waals surface area contributed by atoms with E-state index in [4.69, 9.17) is 37.7 Å². The molecule has 1 aromatic carbocycles. The highest BCUT2D eigenvalue weighted by Crippen LogP contribution is 2.47. The summed E-state index contributed by atoms with van der Waals surface area (Å²) in [5.74, 6) is 1.11. The number of morpholine rings is 1. The third-order valence-electron chi connectivity index (χ3n) is 12.9. The highest BCUT2D eigenvalue weighted by atomic mass is 28.4. The predicted molar refractivity (Wildman–Crippen MR) is 230 cm³/mol. The summed E-state index contributed by atoms with van der Waals surface area (Å²) < 4.78 is 38.5. The zero-order valence-electron chi connectivity index (χ0n) is 36.5. The normalized spacial score (nSPS) is 22.0. The minimum absolute atomic E-state index is 0.0311. The van der Waals surface area contributed by atoms with Crippen molar-refractivity contribution in [1.82, 2.24) is 34.5 Å². The van der Waals surface area contributed by atoms with Crippen LogP contribution in [0.3, 0.4) is 0 Å². The molecule has 0 saturated carbocycles. The number of rotatable bonds is 11. The second-order valence-corrected chi connectivity index (χ2v) is 34.3. The standard InChI is InChI=1S/C40H66N8O5Si3/c1-38(2,3)54(10,11)50-26-30-32(52-55(12,13)39(4,5)6)33(53-56(14,15)40(7,8)9)36(51-30)47-27-41-31-34(46-21-23-49-24-22-46)42-37(43-35(31)47)48-25-29(44-45-48)28-19-17-16-18-20-28/h16-20,25,27,30,32-33,36H,21-24,26H2,1-15H3/t30-,32-,33-,36-/m1/s1. The summed E-state index contributed by atoms with van der Waals surface area (Å²) >= 11 is 0. The van der Waals surface area contributed by atoms with Gasteiger partial charge in [-0.3, -0.25) is 4.57 Å². The van der Waals surface area contributed by atoms with Gasteiger partial charge < -0.3 is 27.7 Å². The van der Waals surface area contributed by atoms with Crippen LogP contribution in [0, 0.1) is 0 Å². The zero-order chi connectivity index (χ0) is 41.1. The van der Waals surface area contributed by atoms with Crippen LogP contribution in [0.4, 0.5) is 5.82 Å². The van der Waals surface area contributed by atoms with Gasteiger partial charge in [0.25, 0.3) is 5.95 Å². The SMILES string of the molecule is CC(C)(C)[Si](C)(C)OC[C@H]1O[C@@H](n2cnc3c(N4CCOCC4)nc(-n4cc(-c5ccccc5)nn4)nc32)[C@H](O[Si](C)(C)C(C)(C)C)[C@@H]1O[Si](C)(C)C(C)(C)C.